The van der Waals surface area contributed by atoms with E-state index >= 15 is 0 Å². The zero-order valence-corrected chi connectivity index (χ0v) is 23.0. The maximum absolute atomic E-state index is 13.4. The third kappa shape index (κ3) is 5.70. The molecule has 6 nitrogen and oxygen atoms in total. The van der Waals surface area contributed by atoms with Crippen LogP contribution in [0.25, 0.3) is 5.76 Å². The molecule has 3 aromatic carbocycles. The number of carbonyl (C=O) groups excluding carboxylic acids is 2. The highest BCUT2D eigenvalue weighted by atomic mass is 35.5. The van der Waals surface area contributed by atoms with Crippen molar-refractivity contribution in [2.24, 2.45) is 0 Å². The molecule has 1 unspecified atom stereocenters. The van der Waals surface area contributed by atoms with Gasteiger partial charge in [0.05, 0.1) is 18.2 Å². The predicted molar refractivity (Wildman–Crippen MR) is 152 cm³/mol. The predicted octanol–water partition coefficient (Wildman–Crippen LogP) is 6.17. The molecule has 1 N–H and O–H groups in total. The third-order valence-electron chi connectivity index (χ3n) is 6.73. The number of likely N-dealkylation sites (tertiary alicyclic amines) is 1. The topological polar surface area (TPSA) is 70.1 Å². The van der Waals surface area contributed by atoms with E-state index < -0.39 is 17.7 Å². The van der Waals surface area contributed by atoms with Crippen LogP contribution in [-0.4, -0.2) is 48.9 Å². The fraction of sp³-hybridized carbons (Fsp3) is 0.290. The number of amides is 1. The van der Waals surface area contributed by atoms with Crippen molar-refractivity contribution in [2.75, 3.05) is 32.1 Å². The van der Waals surface area contributed by atoms with Crippen LogP contribution in [0.4, 0.5) is 5.69 Å². The largest absolute Gasteiger partial charge is 0.507 e. The molecular weight excluding hydrogens is 500 g/mol. The third-order valence-corrected chi connectivity index (χ3v) is 6.98. The number of hydrogen-bond acceptors (Lipinski definition) is 5. The SMILES string of the molecule is CCCOc1ccc(/C(O)=C2/C(=O)C(=O)N(CCc3ccc(Cl)cc3)C2c2ccc(N(C)C)cc2)cc1C. The van der Waals surface area contributed by atoms with Gasteiger partial charge >= 0.3 is 0 Å². The van der Waals surface area contributed by atoms with E-state index in [-0.39, 0.29) is 11.3 Å². The van der Waals surface area contributed by atoms with Crippen molar-refractivity contribution >= 4 is 34.7 Å². The number of ketones is 1. The first kappa shape index (κ1) is 27.3. The Labute approximate surface area is 229 Å². The lowest BCUT2D eigenvalue weighted by atomic mass is 9.94. The highest BCUT2D eigenvalue weighted by Gasteiger charge is 2.45. The first-order valence-electron chi connectivity index (χ1n) is 12.7. The molecular formula is C31H33ClN2O4. The Kier molecular flexibility index (Phi) is 8.42. The second-order valence-electron chi connectivity index (χ2n) is 9.68. The number of aliphatic hydroxyl groups excluding tert-OH is 1. The molecule has 1 saturated heterocycles. The number of rotatable bonds is 9. The molecule has 1 fully saturated rings. The first-order valence-corrected chi connectivity index (χ1v) is 13.1. The monoisotopic (exact) mass is 532 g/mol. The van der Waals surface area contributed by atoms with Crippen molar-refractivity contribution in [1.82, 2.24) is 4.90 Å². The van der Waals surface area contributed by atoms with Gasteiger partial charge in [0.15, 0.2) is 0 Å². The lowest BCUT2D eigenvalue weighted by molar-refractivity contribution is -0.139. The highest BCUT2D eigenvalue weighted by molar-refractivity contribution is 6.46. The summed E-state index contributed by atoms with van der Waals surface area (Å²) in [5, 5.41) is 12.1. The Morgan fingerprint density at radius 1 is 1.03 bits per heavy atom. The lowest BCUT2D eigenvalue weighted by Gasteiger charge is -2.26. The van der Waals surface area contributed by atoms with Crippen LogP contribution in [0.3, 0.4) is 0 Å². The van der Waals surface area contributed by atoms with E-state index in [9.17, 15) is 14.7 Å². The summed E-state index contributed by atoms with van der Waals surface area (Å²) in [4.78, 5) is 30.2. The molecule has 0 saturated carbocycles. The molecule has 4 rings (SSSR count). The van der Waals surface area contributed by atoms with Gasteiger partial charge in [-0.1, -0.05) is 42.8 Å². The molecule has 1 heterocycles. The maximum Gasteiger partial charge on any atom is 0.295 e. The summed E-state index contributed by atoms with van der Waals surface area (Å²) in [5.74, 6) is -0.780. The Morgan fingerprint density at radius 2 is 1.71 bits per heavy atom. The molecule has 1 amide bonds. The van der Waals surface area contributed by atoms with E-state index in [1.807, 2.05) is 69.2 Å². The summed E-state index contributed by atoms with van der Waals surface area (Å²) in [5.41, 5.74) is 4.14. The van der Waals surface area contributed by atoms with Crippen molar-refractivity contribution in [3.63, 3.8) is 0 Å². The molecule has 0 bridgehead atoms. The van der Waals surface area contributed by atoms with Crippen LogP contribution in [0, 0.1) is 6.92 Å². The Hall–Kier alpha value is -3.77. The summed E-state index contributed by atoms with van der Waals surface area (Å²) >= 11 is 6.02. The summed E-state index contributed by atoms with van der Waals surface area (Å²) in [7, 11) is 3.90. The van der Waals surface area contributed by atoms with Gasteiger partial charge in [0.1, 0.15) is 11.5 Å². The highest BCUT2D eigenvalue weighted by Crippen LogP contribution is 2.40. The standard InChI is InChI=1S/C31H33ClN2O4/c1-5-18-38-26-15-10-23(19-20(26)2)29(35)27-28(22-8-13-25(14-9-22)33(3)4)34(31(37)30(27)36)17-16-21-6-11-24(32)12-7-21/h6-15,19,28,35H,5,16-18H2,1-4H3/b29-27-. The van der Waals surface area contributed by atoms with Crippen LogP contribution in [0.5, 0.6) is 5.75 Å². The molecule has 1 aliphatic rings. The van der Waals surface area contributed by atoms with Gasteiger partial charge in [-0.05, 0) is 78.9 Å². The van der Waals surface area contributed by atoms with Crippen LogP contribution in [-0.2, 0) is 16.0 Å². The maximum atomic E-state index is 13.4. The number of aliphatic hydroxyl groups is 1. The average Bonchev–Trinajstić information content (AvgIpc) is 3.16. The van der Waals surface area contributed by atoms with E-state index in [0.717, 1.165) is 34.5 Å². The minimum absolute atomic E-state index is 0.0883. The molecule has 7 heteroatoms. The molecule has 3 aromatic rings. The number of benzene rings is 3. The summed E-state index contributed by atoms with van der Waals surface area (Å²) in [6.07, 6.45) is 1.42. The smallest absolute Gasteiger partial charge is 0.295 e. The van der Waals surface area contributed by atoms with E-state index in [1.54, 1.807) is 35.2 Å². The van der Waals surface area contributed by atoms with Crippen molar-refractivity contribution in [1.29, 1.82) is 0 Å². The number of anilines is 1. The molecule has 1 aliphatic heterocycles. The number of carbonyl (C=O) groups is 2. The summed E-state index contributed by atoms with van der Waals surface area (Å²) in [6, 6.07) is 19.7. The van der Waals surface area contributed by atoms with Crippen LogP contribution < -0.4 is 9.64 Å². The zero-order chi connectivity index (χ0) is 27.4. The minimum atomic E-state index is -0.713. The minimum Gasteiger partial charge on any atom is -0.507 e. The summed E-state index contributed by atoms with van der Waals surface area (Å²) in [6.45, 7) is 4.83. The molecule has 0 radical (unpaired) electrons. The fourth-order valence-corrected chi connectivity index (χ4v) is 4.76. The quantitative estimate of drug-likeness (QED) is 0.203. The number of hydrogen-bond donors (Lipinski definition) is 1. The van der Waals surface area contributed by atoms with Crippen molar-refractivity contribution in [2.45, 2.75) is 32.7 Å². The van der Waals surface area contributed by atoms with Gasteiger partial charge in [0.2, 0.25) is 0 Å². The van der Waals surface area contributed by atoms with Gasteiger partial charge in [0.25, 0.3) is 11.7 Å². The first-order chi connectivity index (χ1) is 18.2. The van der Waals surface area contributed by atoms with Gasteiger partial charge in [-0.15, -0.1) is 0 Å². The van der Waals surface area contributed by atoms with Gasteiger partial charge in [-0.25, -0.2) is 0 Å². The van der Waals surface area contributed by atoms with Gasteiger partial charge in [0, 0.05) is 36.9 Å². The van der Waals surface area contributed by atoms with Crippen LogP contribution in [0.2, 0.25) is 5.02 Å². The molecule has 38 heavy (non-hydrogen) atoms. The molecule has 0 aromatic heterocycles. The number of aryl methyl sites for hydroxylation is 1. The second kappa shape index (κ2) is 11.7. The normalized spacial score (nSPS) is 16.7. The van der Waals surface area contributed by atoms with Crippen molar-refractivity contribution in [3.05, 3.63) is 99.6 Å². The zero-order valence-electron chi connectivity index (χ0n) is 22.2. The van der Waals surface area contributed by atoms with E-state index in [4.69, 9.17) is 16.3 Å². The van der Waals surface area contributed by atoms with Crippen LogP contribution in [0.1, 0.15) is 41.6 Å². The average molecular weight is 533 g/mol. The van der Waals surface area contributed by atoms with E-state index in [1.165, 1.54) is 0 Å². The fourth-order valence-electron chi connectivity index (χ4n) is 4.64. The van der Waals surface area contributed by atoms with E-state index in [2.05, 4.69) is 0 Å². The molecule has 0 spiro atoms. The van der Waals surface area contributed by atoms with Crippen molar-refractivity contribution < 1.29 is 19.4 Å². The molecule has 198 valence electrons. The number of Topliss-reactive ketones (excluding diaryl/α,β-unsaturated/α-hetero) is 1. The lowest BCUT2D eigenvalue weighted by Crippen LogP contribution is -2.31. The van der Waals surface area contributed by atoms with Gasteiger partial charge in [-0.3, -0.25) is 9.59 Å². The summed E-state index contributed by atoms with van der Waals surface area (Å²) < 4.78 is 5.76. The van der Waals surface area contributed by atoms with Crippen LogP contribution >= 0.6 is 11.6 Å². The van der Waals surface area contributed by atoms with Crippen LogP contribution in [0.15, 0.2) is 72.3 Å². The Bertz CT molecular complexity index is 1350. The van der Waals surface area contributed by atoms with Gasteiger partial charge < -0.3 is 19.6 Å². The Balaban J connectivity index is 1.75. The molecule has 0 aliphatic carbocycles. The van der Waals surface area contributed by atoms with Gasteiger partial charge in [-0.2, -0.15) is 0 Å². The Morgan fingerprint density at radius 3 is 2.32 bits per heavy atom. The van der Waals surface area contributed by atoms with E-state index in [0.29, 0.717) is 30.2 Å². The number of nitrogens with zero attached hydrogens (tertiary/aromatic N) is 2. The second-order valence-corrected chi connectivity index (χ2v) is 10.1. The number of ether oxygens (including phenoxy) is 1. The molecule has 1 atom stereocenters. The number of halogens is 1. The van der Waals surface area contributed by atoms with Crippen molar-refractivity contribution in [3.8, 4) is 5.75 Å².